The third-order valence-corrected chi connectivity index (χ3v) is 5.92. The Kier molecular flexibility index (Phi) is 4.99. The molecule has 0 bridgehead atoms. The first kappa shape index (κ1) is 18.4. The first-order valence-corrected chi connectivity index (χ1v) is 9.88. The summed E-state index contributed by atoms with van der Waals surface area (Å²) in [6, 6.07) is 16.7. The zero-order chi connectivity index (χ0) is 19.7. The Morgan fingerprint density at radius 1 is 0.893 bits per heavy atom. The maximum absolute atomic E-state index is 12.7. The Bertz CT molecular complexity index is 866. The zero-order valence-electron chi connectivity index (χ0n) is 15.9. The quantitative estimate of drug-likeness (QED) is 0.827. The topological polar surface area (TPSA) is 66.5 Å². The summed E-state index contributed by atoms with van der Waals surface area (Å²) in [6.07, 6.45) is 2.71. The Morgan fingerprint density at radius 2 is 1.43 bits per heavy atom. The molecule has 1 N–H and O–H groups in total. The highest BCUT2D eigenvalue weighted by molar-refractivity contribution is 6.21. The van der Waals surface area contributed by atoms with E-state index in [9.17, 15) is 14.4 Å². The van der Waals surface area contributed by atoms with E-state index < -0.39 is 0 Å². The lowest BCUT2D eigenvalue weighted by Crippen LogP contribution is -2.44. The summed E-state index contributed by atoms with van der Waals surface area (Å²) in [5.74, 6) is -0.424. The Balaban J connectivity index is 1.36. The predicted octanol–water partition coefficient (Wildman–Crippen LogP) is 3.72. The summed E-state index contributed by atoms with van der Waals surface area (Å²) in [4.78, 5) is 39.4. The molecule has 1 saturated carbocycles. The van der Waals surface area contributed by atoms with Crippen molar-refractivity contribution in [1.29, 1.82) is 0 Å². The van der Waals surface area contributed by atoms with Crippen molar-refractivity contribution in [3.8, 4) is 0 Å². The zero-order valence-corrected chi connectivity index (χ0v) is 15.9. The molecule has 2 aliphatic rings. The van der Waals surface area contributed by atoms with Crippen LogP contribution >= 0.6 is 0 Å². The average molecular weight is 376 g/mol. The van der Waals surface area contributed by atoms with E-state index in [0.29, 0.717) is 36.8 Å². The van der Waals surface area contributed by atoms with E-state index >= 15 is 0 Å². The number of fused-ring (bicyclic) bond motifs is 1. The van der Waals surface area contributed by atoms with Crippen LogP contribution in [-0.4, -0.2) is 28.7 Å². The summed E-state index contributed by atoms with van der Waals surface area (Å²) in [7, 11) is 0. The Hall–Kier alpha value is -2.95. The van der Waals surface area contributed by atoms with Gasteiger partial charge in [-0.2, -0.15) is 0 Å². The maximum atomic E-state index is 12.7. The van der Waals surface area contributed by atoms with Crippen molar-refractivity contribution >= 4 is 17.7 Å². The minimum atomic E-state index is -0.203. The SMILES string of the molecule is C[C@H](NC(=O)C1CCC(N2C(=O)c3ccccc3C2=O)CC1)c1ccccc1. The van der Waals surface area contributed by atoms with Crippen molar-refractivity contribution in [2.24, 2.45) is 5.92 Å². The van der Waals surface area contributed by atoms with E-state index in [1.807, 2.05) is 37.3 Å². The summed E-state index contributed by atoms with van der Waals surface area (Å²) in [5, 5.41) is 3.10. The molecule has 0 aromatic heterocycles. The number of benzene rings is 2. The first-order valence-electron chi connectivity index (χ1n) is 9.88. The molecule has 1 aliphatic heterocycles. The smallest absolute Gasteiger partial charge is 0.261 e. The monoisotopic (exact) mass is 376 g/mol. The standard InChI is InChI=1S/C23H24N2O3/c1-15(16-7-3-2-4-8-16)24-21(26)17-11-13-18(14-12-17)25-22(27)19-9-5-6-10-20(19)23(25)28/h2-10,15,17-18H,11-14H2,1H3,(H,24,26)/t15-,17?,18?/m0/s1. The van der Waals surface area contributed by atoms with Gasteiger partial charge in [0, 0.05) is 12.0 Å². The van der Waals surface area contributed by atoms with Crippen molar-refractivity contribution in [1.82, 2.24) is 10.2 Å². The predicted molar refractivity (Wildman–Crippen MR) is 106 cm³/mol. The van der Waals surface area contributed by atoms with E-state index in [1.54, 1.807) is 24.3 Å². The Labute approximate surface area is 164 Å². The fourth-order valence-corrected chi connectivity index (χ4v) is 4.29. The fourth-order valence-electron chi connectivity index (χ4n) is 4.29. The number of carbonyl (C=O) groups is 3. The molecule has 0 unspecified atom stereocenters. The van der Waals surface area contributed by atoms with E-state index in [0.717, 1.165) is 5.56 Å². The van der Waals surface area contributed by atoms with Crippen LogP contribution in [0.2, 0.25) is 0 Å². The molecule has 5 heteroatoms. The molecule has 2 aromatic carbocycles. The lowest BCUT2D eigenvalue weighted by atomic mass is 9.84. The summed E-state index contributed by atoms with van der Waals surface area (Å²) in [6.45, 7) is 1.98. The number of rotatable bonds is 4. The van der Waals surface area contributed by atoms with Crippen LogP contribution < -0.4 is 5.32 Å². The molecular formula is C23H24N2O3. The van der Waals surface area contributed by atoms with Crippen LogP contribution in [0.5, 0.6) is 0 Å². The minimum absolute atomic E-state index is 0.0392. The van der Waals surface area contributed by atoms with Gasteiger partial charge in [0.2, 0.25) is 5.91 Å². The van der Waals surface area contributed by atoms with Gasteiger partial charge in [-0.05, 0) is 50.3 Å². The van der Waals surface area contributed by atoms with E-state index in [-0.39, 0.29) is 35.7 Å². The fraction of sp³-hybridized carbons (Fsp3) is 0.348. The van der Waals surface area contributed by atoms with Gasteiger partial charge in [0.15, 0.2) is 0 Å². The molecule has 28 heavy (non-hydrogen) atoms. The van der Waals surface area contributed by atoms with Crippen LogP contribution in [0.3, 0.4) is 0 Å². The van der Waals surface area contributed by atoms with Gasteiger partial charge >= 0.3 is 0 Å². The lowest BCUT2D eigenvalue weighted by molar-refractivity contribution is -0.126. The molecule has 3 amide bonds. The van der Waals surface area contributed by atoms with Crippen LogP contribution in [0.4, 0.5) is 0 Å². The summed E-state index contributed by atoms with van der Waals surface area (Å²) >= 11 is 0. The summed E-state index contributed by atoms with van der Waals surface area (Å²) < 4.78 is 0. The van der Waals surface area contributed by atoms with Crippen LogP contribution in [0.15, 0.2) is 54.6 Å². The minimum Gasteiger partial charge on any atom is -0.349 e. The second-order valence-corrected chi connectivity index (χ2v) is 7.67. The molecule has 5 nitrogen and oxygen atoms in total. The molecule has 144 valence electrons. The van der Waals surface area contributed by atoms with Gasteiger partial charge in [0.1, 0.15) is 0 Å². The average Bonchev–Trinajstić information content (AvgIpc) is 2.99. The highest BCUT2D eigenvalue weighted by Crippen LogP contribution is 2.33. The van der Waals surface area contributed by atoms with Gasteiger partial charge in [-0.25, -0.2) is 0 Å². The number of nitrogens with one attached hydrogen (secondary N) is 1. The van der Waals surface area contributed by atoms with Gasteiger partial charge in [-0.15, -0.1) is 0 Å². The van der Waals surface area contributed by atoms with Crippen molar-refractivity contribution < 1.29 is 14.4 Å². The molecule has 0 radical (unpaired) electrons. The number of carbonyl (C=O) groups excluding carboxylic acids is 3. The van der Waals surface area contributed by atoms with Gasteiger partial charge in [-0.3, -0.25) is 19.3 Å². The molecule has 1 fully saturated rings. The molecule has 1 heterocycles. The number of hydrogen-bond acceptors (Lipinski definition) is 3. The Morgan fingerprint density at radius 3 is 2.00 bits per heavy atom. The lowest BCUT2D eigenvalue weighted by Gasteiger charge is -2.33. The van der Waals surface area contributed by atoms with Crippen molar-refractivity contribution in [3.63, 3.8) is 0 Å². The van der Waals surface area contributed by atoms with Crippen molar-refractivity contribution in [2.45, 2.75) is 44.7 Å². The van der Waals surface area contributed by atoms with Crippen LogP contribution in [0.25, 0.3) is 0 Å². The highest BCUT2D eigenvalue weighted by atomic mass is 16.2. The maximum Gasteiger partial charge on any atom is 0.261 e. The van der Waals surface area contributed by atoms with E-state index in [2.05, 4.69) is 5.32 Å². The first-order chi connectivity index (χ1) is 13.6. The van der Waals surface area contributed by atoms with Crippen molar-refractivity contribution in [2.75, 3.05) is 0 Å². The third kappa shape index (κ3) is 3.33. The molecule has 4 rings (SSSR count). The second kappa shape index (κ2) is 7.58. The van der Waals surface area contributed by atoms with Gasteiger partial charge in [-0.1, -0.05) is 42.5 Å². The van der Waals surface area contributed by atoms with Crippen LogP contribution in [0, 0.1) is 5.92 Å². The van der Waals surface area contributed by atoms with Crippen LogP contribution in [-0.2, 0) is 4.79 Å². The number of hydrogen-bond donors (Lipinski definition) is 1. The van der Waals surface area contributed by atoms with Crippen LogP contribution in [0.1, 0.15) is 64.9 Å². The molecule has 1 aliphatic carbocycles. The molecule has 0 spiro atoms. The van der Waals surface area contributed by atoms with Gasteiger partial charge in [0.25, 0.3) is 11.8 Å². The molecule has 2 aromatic rings. The normalized spacial score (nSPS) is 22.7. The number of imide groups is 1. The third-order valence-electron chi connectivity index (χ3n) is 5.92. The number of amides is 3. The molecular weight excluding hydrogens is 352 g/mol. The second-order valence-electron chi connectivity index (χ2n) is 7.67. The molecule has 1 atom stereocenters. The van der Waals surface area contributed by atoms with E-state index in [1.165, 1.54) is 4.90 Å². The largest absolute Gasteiger partial charge is 0.349 e. The van der Waals surface area contributed by atoms with Crippen molar-refractivity contribution in [3.05, 3.63) is 71.3 Å². The summed E-state index contributed by atoms with van der Waals surface area (Å²) in [5.41, 5.74) is 2.06. The van der Waals surface area contributed by atoms with Gasteiger partial charge < -0.3 is 5.32 Å². The highest BCUT2D eigenvalue weighted by Gasteiger charge is 2.41. The van der Waals surface area contributed by atoms with Gasteiger partial charge in [0.05, 0.1) is 17.2 Å². The molecule has 0 saturated heterocycles. The number of nitrogens with zero attached hydrogens (tertiary/aromatic N) is 1. The van der Waals surface area contributed by atoms with E-state index in [4.69, 9.17) is 0 Å².